The zero-order valence-corrected chi connectivity index (χ0v) is 20.3. The summed E-state index contributed by atoms with van der Waals surface area (Å²) in [6.07, 6.45) is -1.07. The molecule has 14 heteroatoms. The quantitative estimate of drug-likeness (QED) is 0.589. The van der Waals surface area contributed by atoms with E-state index < -0.39 is 59.7 Å². The third kappa shape index (κ3) is 4.96. The first kappa shape index (κ1) is 27.6. The number of ether oxygens (including phenoxy) is 2. The molecule has 0 amide bonds. The minimum atomic E-state index is -3.11. The van der Waals surface area contributed by atoms with Gasteiger partial charge in [0.05, 0.1) is 24.0 Å². The van der Waals surface area contributed by atoms with Gasteiger partial charge in [-0.1, -0.05) is 27.7 Å². The smallest absolute Gasteiger partial charge is 0.351 e. The summed E-state index contributed by atoms with van der Waals surface area (Å²) in [6, 6.07) is 2.59. The molecule has 0 bridgehead atoms. The van der Waals surface area contributed by atoms with Crippen molar-refractivity contribution < 1.29 is 27.0 Å². The Bertz CT molecular complexity index is 1100. The molecule has 0 spiro atoms. The van der Waals surface area contributed by atoms with Crippen LogP contribution in [-0.2, 0) is 9.47 Å². The van der Waals surface area contributed by atoms with Gasteiger partial charge in [0.15, 0.2) is 0 Å². The van der Waals surface area contributed by atoms with Crippen molar-refractivity contribution in [3.8, 4) is 0 Å². The number of hydrogen-bond donors (Lipinski definition) is 2. The van der Waals surface area contributed by atoms with Gasteiger partial charge in [0.25, 0.3) is 11.8 Å². The third-order valence-electron chi connectivity index (χ3n) is 6.61. The second-order valence-corrected chi connectivity index (χ2v) is 8.88. The molecule has 6 atom stereocenters. The number of nitrogens with zero attached hydrogens (tertiary/aromatic N) is 4. The van der Waals surface area contributed by atoms with Crippen molar-refractivity contribution in [1.82, 2.24) is 19.1 Å². The Morgan fingerprint density at radius 2 is 1.14 bits per heavy atom. The van der Waals surface area contributed by atoms with Crippen molar-refractivity contribution in [2.75, 3.05) is 11.5 Å². The highest BCUT2D eigenvalue weighted by Crippen LogP contribution is 2.48. The number of rotatable bonds is 4. The van der Waals surface area contributed by atoms with Crippen molar-refractivity contribution in [1.29, 1.82) is 0 Å². The minimum absolute atomic E-state index is 0.00217. The van der Waals surface area contributed by atoms with Crippen LogP contribution >= 0.6 is 0 Å². The molecule has 2 aliphatic heterocycles. The van der Waals surface area contributed by atoms with E-state index in [1.165, 1.54) is 38.4 Å². The lowest BCUT2D eigenvalue weighted by molar-refractivity contribution is -0.125. The maximum atomic E-state index is 14.1. The number of nitrogens with two attached hydrogens (primary N) is 2. The molecular weight excluding hydrogens is 488 g/mol. The number of halogens is 4. The Hall–Kier alpha value is -3.00. The Kier molecular flexibility index (Phi) is 7.79. The van der Waals surface area contributed by atoms with E-state index in [2.05, 4.69) is 9.97 Å². The normalized spacial score (nSPS) is 30.6. The molecule has 2 saturated heterocycles. The Balaban J connectivity index is 0.000000201. The van der Waals surface area contributed by atoms with Gasteiger partial charge >= 0.3 is 11.4 Å². The highest BCUT2D eigenvalue weighted by Gasteiger charge is 2.58. The molecule has 0 saturated carbocycles. The predicted molar refractivity (Wildman–Crippen MR) is 122 cm³/mol. The number of alkyl halides is 4. The summed E-state index contributed by atoms with van der Waals surface area (Å²) in [4.78, 5) is 30.0. The van der Waals surface area contributed by atoms with Crippen molar-refractivity contribution >= 4 is 11.6 Å². The molecule has 4 rings (SSSR count). The average Bonchev–Trinajstić information content (AvgIpc) is 3.17. The van der Waals surface area contributed by atoms with Gasteiger partial charge in [0.1, 0.15) is 11.6 Å². The molecule has 2 aromatic rings. The van der Waals surface area contributed by atoms with E-state index in [0.29, 0.717) is 12.8 Å². The van der Waals surface area contributed by atoms with Crippen LogP contribution in [0.5, 0.6) is 0 Å². The van der Waals surface area contributed by atoms with E-state index in [-0.39, 0.29) is 11.6 Å². The second-order valence-electron chi connectivity index (χ2n) is 8.88. The second kappa shape index (κ2) is 10.2. The van der Waals surface area contributed by atoms with Crippen molar-refractivity contribution in [3.05, 3.63) is 45.5 Å². The van der Waals surface area contributed by atoms with E-state index in [1.54, 1.807) is 13.8 Å². The standard InChI is InChI=1S/2C11H15F2N3O2/c2*1-3-7-6(2)11(12,13)9(18-7)16-5-4-8(14)15-10(16)17/h2*4-7,9H,3H2,1-2H3,(H2,14,15,17)/t6?,7-,9?;6?,7-,9-/m11/s1. The number of aromatic nitrogens is 4. The van der Waals surface area contributed by atoms with Gasteiger partial charge in [0, 0.05) is 12.4 Å². The average molecular weight is 519 g/mol. The van der Waals surface area contributed by atoms with Crippen LogP contribution in [0.15, 0.2) is 34.1 Å². The molecule has 36 heavy (non-hydrogen) atoms. The van der Waals surface area contributed by atoms with Crippen LogP contribution in [-0.4, -0.2) is 43.2 Å². The Labute approximate surface area is 204 Å². The van der Waals surface area contributed by atoms with E-state index in [0.717, 1.165) is 9.13 Å². The molecule has 2 aliphatic rings. The van der Waals surface area contributed by atoms with Gasteiger partial charge < -0.3 is 20.9 Å². The lowest BCUT2D eigenvalue weighted by Gasteiger charge is -2.21. The molecule has 4 heterocycles. The summed E-state index contributed by atoms with van der Waals surface area (Å²) >= 11 is 0. The summed E-state index contributed by atoms with van der Waals surface area (Å²) < 4.78 is 68.4. The van der Waals surface area contributed by atoms with Crippen molar-refractivity contribution in [2.45, 2.75) is 77.0 Å². The number of nitrogen functional groups attached to an aromatic ring is 2. The largest absolute Gasteiger partial charge is 0.383 e. The molecule has 3 unspecified atom stereocenters. The van der Waals surface area contributed by atoms with Gasteiger partial charge in [-0.25, -0.2) is 27.2 Å². The van der Waals surface area contributed by atoms with E-state index in [4.69, 9.17) is 20.9 Å². The number of hydrogen-bond acceptors (Lipinski definition) is 8. The summed E-state index contributed by atoms with van der Waals surface area (Å²) in [7, 11) is 0. The molecule has 2 aromatic heterocycles. The molecule has 200 valence electrons. The molecule has 0 aliphatic carbocycles. The van der Waals surface area contributed by atoms with Crippen LogP contribution < -0.4 is 22.8 Å². The summed E-state index contributed by atoms with van der Waals surface area (Å²) in [6.45, 7) is 6.38. The zero-order chi connectivity index (χ0) is 27.0. The fraction of sp³-hybridized carbons (Fsp3) is 0.636. The SMILES string of the molecule is CC[C@H]1OC(n2ccc(N)nc2=O)C(F)(F)C1C.CC[C@H]1O[C@@H](n2ccc(N)nc2=O)C(F)(F)C1C. The molecule has 10 nitrogen and oxygen atoms in total. The monoisotopic (exact) mass is 518 g/mol. The van der Waals surface area contributed by atoms with Gasteiger partial charge in [0.2, 0.25) is 12.5 Å². The van der Waals surface area contributed by atoms with Crippen LogP contribution in [0.3, 0.4) is 0 Å². The molecule has 2 fully saturated rings. The first-order chi connectivity index (χ1) is 16.7. The molecule has 4 N–H and O–H groups in total. The van der Waals surface area contributed by atoms with Gasteiger partial charge in [-0.2, -0.15) is 9.97 Å². The number of anilines is 2. The highest BCUT2D eigenvalue weighted by molar-refractivity contribution is 5.24. The molecule has 0 radical (unpaired) electrons. The maximum absolute atomic E-state index is 14.1. The fourth-order valence-corrected chi connectivity index (χ4v) is 4.30. The van der Waals surface area contributed by atoms with E-state index in [1.807, 2.05) is 0 Å². The lowest BCUT2D eigenvalue weighted by Crippen LogP contribution is -2.37. The van der Waals surface area contributed by atoms with Crippen molar-refractivity contribution in [2.24, 2.45) is 11.8 Å². The first-order valence-corrected chi connectivity index (χ1v) is 11.5. The molecular formula is C22H30F4N6O4. The van der Waals surface area contributed by atoms with Gasteiger partial charge in [-0.05, 0) is 25.0 Å². The van der Waals surface area contributed by atoms with Crippen LogP contribution in [0, 0.1) is 11.8 Å². The van der Waals surface area contributed by atoms with Crippen LogP contribution in [0.4, 0.5) is 29.2 Å². The topological polar surface area (TPSA) is 140 Å². The van der Waals surface area contributed by atoms with E-state index in [9.17, 15) is 27.2 Å². The van der Waals surface area contributed by atoms with Crippen molar-refractivity contribution in [3.63, 3.8) is 0 Å². The summed E-state index contributed by atoms with van der Waals surface area (Å²) in [5, 5.41) is 0. The Morgan fingerprint density at radius 1 is 0.806 bits per heavy atom. The van der Waals surface area contributed by atoms with Crippen LogP contribution in [0.1, 0.15) is 53.0 Å². The van der Waals surface area contributed by atoms with Crippen LogP contribution in [0.2, 0.25) is 0 Å². The fourth-order valence-electron chi connectivity index (χ4n) is 4.30. The van der Waals surface area contributed by atoms with E-state index >= 15 is 0 Å². The first-order valence-electron chi connectivity index (χ1n) is 11.5. The highest BCUT2D eigenvalue weighted by atomic mass is 19.3. The Morgan fingerprint density at radius 3 is 1.39 bits per heavy atom. The third-order valence-corrected chi connectivity index (χ3v) is 6.61. The van der Waals surface area contributed by atoms with Gasteiger partial charge in [-0.15, -0.1) is 0 Å². The maximum Gasteiger partial charge on any atom is 0.351 e. The summed E-state index contributed by atoms with van der Waals surface area (Å²) in [5.74, 6) is -8.12. The van der Waals surface area contributed by atoms with Gasteiger partial charge in [-0.3, -0.25) is 9.13 Å². The summed E-state index contributed by atoms with van der Waals surface area (Å²) in [5.41, 5.74) is 8.98. The molecule has 0 aromatic carbocycles. The zero-order valence-electron chi connectivity index (χ0n) is 20.3. The minimum Gasteiger partial charge on any atom is -0.383 e. The van der Waals surface area contributed by atoms with Crippen LogP contribution in [0.25, 0.3) is 0 Å². The lowest BCUT2D eigenvalue weighted by atomic mass is 9.98. The predicted octanol–water partition coefficient (Wildman–Crippen LogP) is 2.81.